The van der Waals surface area contributed by atoms with Gasteiger partial charge in [0.15, 0.2) is 0 Å². The summed E-state index contributed by atoms with van der Waals surface area (Å²) >= 11 is 5.82. The van der Waals surface area contributed by atoms with Crippen LogP contribution in [0.1, 0.15) is 25.5 Å². The molecule has 0 atom stereocenters. The highest BCUT2D eigenvalue weighted by Crippen LogP contribution is 2.26. The predicted octanol–water partition coefficient (Wildman–Crippen LogP) is 3.11. The van der Waals surface area contributed by atoms with Crippen LogP contribution in [0.4, 0.5) is 0 Å². The van der Waals surface area contributed by atoms with E-state index in [-0.39, 0.29) is 17.0 Å². The Hall–Kier alpha value is -1.35. The quantitative estimate of drug-likeness (QED) is 0.755. The lowest BCUT2D eigenvalue weighted by atomic mass is 10.0. The van der Waals surface area contributed by atoms with Crippen LogP contribution in [0.25, 0.3) is 10.9 Å². The molecule has 0 bridgehead atoms. The normalized spacial score (nSPS) is 11.2. The van der Waals surface area contributed by atoms with Gasteiger partial charge in [0, 0.05) is 5.39 Å². The Morgan fingerprint density at radius 3 is 2.67 bits per heavy atom. The molecule has 0 radical (unpaired) electrons. The topological polar surface area (TPSA) is 46.0 Å². The minimum Gasteiger partial charge on any atom is -0.508 e. The fraction of sp³-hybridized carbons (Fsp3) is 0.273. The van der Waals surface area contributed by atoms with Gasteiger partial charge in [-0.1, -0.05) is 13.8 Å². The molecule has 0 saturated heterocycles. The minimum atomic E-state index is 0.218. The zero-order valence-electron chi connectivity index (χ0n) is 8.53. The van der Waals surface area contributed by atoms with E-state index in [2.05, 4.69) is 9.97 Å². The molecule has 15 heavy (non-hydrogen) atoms. The average Bonchev–Trinajstić information content (AvgIpc) is 2.17. The maximum Gasteiger partial charge on any atom is 0.223 e. The molecule has 1 aromatic heterocycles. The van der Waals surface area contributed by atoms with Crippen molar-refractivity contribution in [2.75, 3.05) is 0 Å². The standard InChI is InChI=1S/C11H11ClN2O/c1-6(2)10-8-5-7(15)3-4-9(8)13-11(12)14-10/h3-6,15H,1-2H3. The number of benzene rings is 1. The Morgan fingerprint density at radius 1 is 1.27 bits per heavy atom. The van der Waals surface area contributed by atoms with Crippen molar-refractivity contribution in [2.24, 2.45) is 0 Å². The number of fused-ring (bicyclic) bond motifs is 1. The van der Waals surface area contributed by atoms with Crippen LogP contribution in [-0.4, -0.2) is 15.1 Å². The summed E-state index contributed by atoms with van der Waals surface area (Å²) in [5, 5.41) is 10.5. The number of halogens is 1. The van der Waals surface area contributed by atoms with Crippen molar-refractivity contribution < 1.29 is 5.11 Å². The maximum absolute atomic E-state index is 9.42. The summed E-state index contributed by atoms with van der Waals surface area (Å²) < 4.78 is 0. The number of nitrogens with zero attached hydrogens (tertiary/aromatic N) is 2. The molecule has 1 heterocycles. The minimum absolute atomic E-state index is 0.218. The van der Waals surface area contributed by atoms with Crippen LogP contribution in [0.5, 0.6) is 5.75 Å². The highest BCUT2D eigenvalue weighted by atomic mass is 35.5. The molecule has 3 nitrogen and oxygen atoms in total. The van der Waals surface area contributed by atoms with Crippen molar-refractivity contribution in [3.63, 3.8) is 0 Å². The summed E-state index contributed by atoms with van der Waals surface area (Å²) in [6.45, 7) is 4.06. The van der Waals surface area contributed by atoms with Gasteiger partial charge in [0.1, 0.15) is 5.75 Å². The molecule has 0 saturated carbocycles. The predicted molar refractivity (Wildman–Crippen MR) is 60.3 cm³/mol. The van der Waals surface area contributed by atoms with Crippen LogP contribution in [0, 0.1) is 0 Å². The summed E-state index contributed by atoms with van der Waals surface area (Å²) in [5.41, 5.74) is 1.62. The Bertz CT molecular complexity index is 511. The van der Waals surface area contributed by atoms with Gasteiger partial charge in [0.25, 0.3) is 0 Å². The van der Waals surface area contributed by atoms with E-state index in [1.807, 2.05) is 13.8 Å². The smallest absolute Gasteiger partial charge is 0.223 e. The fourth-order valence-electron chi connectivity index (χ4n) is 1.55. The molecule has 0 amide bonds. The molecule has 78 valence electrons. The number of aromatic hydroxyl groups is 1. The van der Waals surface area contributed by atoms with Gasteiger partial charge in [-0.25, -0.2) is 9.97 Å². The first-order valence-corrected chi connectivity index (χ1v) is 5.12. The SMILES string of the molecule is CC(C)c1nc(Cl)nc2ccc(O)cc12. The number of rotatable bonds is 1. The molecule has 0 fully saturated rings. The van der Waals surface area contributed by atoms with Crippen molar-refractivity contribution >= 4 is 22.5 Å². The van der Waals surface area contributed by atoms with Crippen LogP contribution < -0.4 is 0 Å². The molecule has 0 spiro atoms. The van der Waals surface area contributed by atoms with Crippen LogP contribution >= 0.6 is 11.6 Å². The molecule has 1 aromatic carbocycles. The van der Waals surface area contributed by atoms with Crippen molar-refractivity contribution in [3.05, 3.63) is 29.2 Å². The lowest BCUT2D eigenvalue weighted by molar-refractivity contribution is 0.476. The molecular formula is C11H11ClN2O. The van der Waals surface area contributed by atoms with Crippen molar-refractivity contribution in [3.8, 4) is 5.75 Å². The van der Waals surface area contributed by atoms with Gasteiger partial charge in [-0.05, 0) is 35.7 Å². The third-order valence-electron chi connectivity index (χ3n) is 2.23. The van der Waals surface area contributed by atoms with E-state index in [4.69, 9.17) is 11.6 Å². The van der Waals surface area contributed by atoms with Gasteiger partial charge in [-0.15, -0.1) is 0 Å². The van der Waals surface area contributed by atoms with E-state index in [0.717, 1.165) is 16.6 Å². The third-order valence-corrected chi connectivity index (χ3v) is 2.40. The van der Waals surface area contributed by atoms with Crippen molar-refractivity contribution in [2.45, 2.75) is 19.8 Å². The molecular weight excluding hydrogens is 212 g/mol. The molecule has 0 aliphatic carbocycles. The van der Waals surface area contributed by atoms with Gasteiger partial charge < -0.3 is 5.11 Å². The summed E-state index contributed by atoms with van der Waals surface area (Å²) in [6.07, 6.45) is 0. The first kappa shape index (κ1) is 10.2. The van der Waals surface area contributed by atoms with Gasteiger partial charge in [0.2, 0.25) is 5.28 Å². The Labute approximate surface area is 92.7 Å². The number of hydrogen-bond donors (Lipinski definition) is 1. The van der Waals surface area contributed by atoms with E-state index < -0.39 is 0 Å². The zero-order chi connectivity index (χ0) is 11.0. The summed E-state index contributed by atoms with van der Waals surface area (Å²) in [7, 11) is 0. The third kappa shape index (κ3) is 1.88. The molecule has 1 N–H and O–H groups in total. The first-order valence-electron chi connectivity index (χ1n) is 4.74. The maximum atomic E-state index is 9.42. The molecule has 2 aromatic rings. The molecule has 0 unspecified atom stereocenters. The highest BCUT2D eigenvalue weighted by Gasteiger charge is 2.10. The Morgan fingerprint density at radius 2 is 2.00 bits per heavy atom. The number of aromatic nitrogens is 2. The molecule has 4 heteroatoms. The number of hydrogen-bond acceptors (Lipinski definition) is 3. The van der Waals surface area contributed by atoms with E-state index in [1.54, 1.807) is 18.2 Å². The second-order valence-electron chi connectivity index (χ2n) is 3.73. The zero-order valence-corrected chi connectivity index (χ0v) is 9.28. The average molecular weight is 223 g/mol. The summed E-state index contributed by atoms with van der Waals surface area (Å²) in [6, 6.07) is 5.00. The fourth-order valence-corrected chi connectivity index (χ4v) is 1.73. The second kappa shape index (κ2) is 3.66. The highest BCUT2D eigenvalue weighted by molar-refractivity contribution is 6.28. The van der Waals surface area contributed by atoms with Gasteiger partial charge in [-0.3, -0.25) is 0 Å². The first-order chi connectivity index (χ1) is 7.08. The Balaban J connectivity index is 2.81. The monoisotopic (exact) mass is 222 g/mol. The van der Waals surface area contributed by atoms with E-state index >= 15 is 0 Å². The van der Waals surface area contributed by atoms with Crippen LogP contribution in [0.2, 0.25) is 5.28 Å². The largest absolute Gasteiger partial charge is 0.508 e. The van der Waals surface area contributed by atoms with E-state index in [9.17, 15) is 5.11 Å². The van der Waals surface area contributed by atoms with Crippen LogP contribution in [0.3, 0.4) is 0 Å². The number of phenolic OH excluding ortho intramolecular Hbond substituents is 1. The molecule has 0 aliphatic heterocycles. The van der Waals surface area contributed by atoms with Crippen molar-refractivity contribution in [1.82, 2.24) is 9.97 Å². The summed E-state index contributed by atoms with van der Waals surface area (Å²) in [4.78, 5) is 8.29. The van der Waals surface area contributed by atoms with Crippen molar-refractivity contribution in [1.29, 1.82) is 0 Å². The Kier molecular flexibility index (Phi) is 2.49. The van der Waals surface area contributed by atoms with Crippen LogP contribution in [-0.2, 0) is 0 Å². The van der Waals surface area contributed by atoms with E-state index in [0.29, 0.717) is 0 Å². The van der Waals surface area contributed by atoms with E-state index in [1.165, 1.54) is 0 Å². The molecule has 0 aliphatic rings. The number of phenols is 1. The van der Waals surface area contributed by atoms with Gasteiger partial charge >= 0.3 is 0 Å². The summed E-state index contributed by atoms with van der Waals surface area (Å²) in [5.74, 6) is 0.463. The van der Waals surface area contributed by atoms with Gasteiger partial charge in [0.05, 0.1) is 11.2 Å². The lowest BCUT2D eigenvalue weighted by Crippen LogP contribution is -1.97. The second-order valence-corrected chi connectivity index (χ2v) is 4.07. The molecule has 2 rings (SSSR count). The van der Waals surface area contributed by atoms with Crippen LogP contribution in [0.15, 0.2) is 18.2 Å². The lowest BCUT2D eigenvalue weighted by Gasteiger charge is -2.08. The van der Waals surface area contributed by atoms with Gasteiger partial charge in [-0.2, -0.15) is 0 Å².